The van der Waals surface area contributed by atoms with Gasteiger partial charge in [0.2, 0.25) is 6.10 Å². The molecule has 2 rings (SSSR count). The molecule has 0 aromatic heterocycles. The first-order chi connectivity index (χ1) is 7.31. The fourth-order valence-electron chi connectivity index (χ4n) is 1.44. The average Bonchev–Trinajstić information content (AvgIpc) is 2.29. The number of benzene rings is 1. The zero-order valence-corrected chi connectivity index (χ0v) is 8.53. The molecule has 1 unspecified atom stereocenters. The van der Waals surface area contributed by atoms with Crippen molar-refractivity contribution in [3.8, 4) is 11.5 Å². The van der Waals surface area contributed by atoms with Crippen LogP contribution in [0.25, 0.3) is 0 Å². The lowest BCUT2D eigenvalue weighted by molar-refractivity contribution is -0.130. The molecule has 0 spiro atoms. The van der Waals surface area contributed by atoms with E-state index in [2.05, 4.69) is 5.32 Å². The van der Waals surface area contributed by atoms with Gasteiger partial charge in [0.1, 0.15) is 6.61 Å². The standard InChI is InChI=1S/C11H13NO3/c1-2-12-11(13)10-7-14-8-5-3-4-6-9(8)15-10/h3-6,10H,2,7H2,1H3,(H,12,13). The van der Waals surface area contributed by atoms with E-state index < -0.39 is 6.10 Å². The van der Waals surface area contributed by atoms with Crippen LogP contribution in [0, 0.1) is 0 Å². The molecule has 1 aliphatic rings. The fraction of sp³-hybridized carbons (Fsp3) is 0.364. The Kier molecular flexibility index (Phi) is 2.76. The Morgan fingerprint density at radius 3 is 2.93 bits per heavy atom. The Balaban J connectivity index is 2.08. The first-order valence-corrected chi connectivity index (χ1v) is 4.97. The molecule has 0 aliphatic carbocycles. The topological polar surface area (TPSA) is 47.6 Å². The number of fused-ring (bicyclic) bond motifs is 1. The number of para-hydroxylation sites is 2. The van der Waals surface area contributed by atoms with E-state index in [-0.39, 0.29) is 12.5 Å². The molecule has 1 N–H and O–H groups in total. The molecule has 80 valence electrons. The van der Waals surface area contributed by atoms with Gasteiger partial charge in [0.25, 0.3) is 5.91 Å². The SMILES string of the molecule is CCNC(=O)C1COc2ccccc2O1. The van der Waals surface area contributed by atoms with Gasteiger partial charge >= 0.3 is 0 Å². The van der Waals surface area contributed by atoms with Gasteiger partial charge in [0.05, 0.1) is 0 Å². The summed E-state index contributed by atoms with van der Waals surface area (Å²) in [5, 5.41) is 2.70. The summed E-state index contributed by atoms with van der Waals surface area (Å²) in [6.45, 7) is 2.73. The van der Waals surface area contributed by atoms with Crippen LogP contribution in [0.15, 0.2) is 24.3 Å². The fourth-order valence-corrected chi connectivity index (χ4v) is 1.44. The van der Waals surface area contributed by atoms with E-state index in [9.17, 15) is 4.79 Å². The van der Waals surface area contributed by atoms with Crippen LogP contribution in [0.3, 0.4) is 0 Å². The number of nitrogens with one attached hydrogen (secondary N) is 1. The Hall–Kier alpha value is -1.71. The number of hydrogen-bond acceptors (Lipinski definition) is 3. The van der Waals surface area contributed by atoms with Crippen molar-refractivity contribution in [1.29, 1.82) is 0 Å². The number of carbonyl (C=O) groups excluding carboxylic acids is 1. The number of rotatable bonds is 2. The minimum atomic E-state index is -0.542. The maximum atomic E-state index is 11.5. The molecule has 0 radical (unpaired) electrons. The number of amides is 1. The van der Waals surface area contributed by atoms with Crippen LogP contribution in [-0.2, 0) is 4.79 Å². The van der Waals surface area contributed by atoms with Gasteiger partial charge in [0.15, 0.2) is 11.5 Å². The van der Waals surface area contributed by atoms with Gasteiger partial charge in [-0.1, -0.05) is 12.1 Å². The lowest BCUT2D eigenvalue weighted by Gasteiger charge is -2.25. The molecular weight excluding hydrogens is 194 g/mol. The van der Waals surface area contributed by atoms with Crippen molar-refractivity contribution in [2.75, 3.05) is 13.2 Å². The third-order valence-corrected chi connectivity index (χ3v) is 2.15. The van der Waals surface area contributed by atoms with Gasteiger partial charge in [0, 0.05) is 6.54 Å². The minimum absolute atomic E-state index is 0.132. The highest BCUT2D eigenvalue weighted by atomic mass is 16.6. The second-order valence-corrected chi connectivity index (χ2v) is 3.26. The summed E-state index contributed by atoms with van der Waals surface area (Å²) in [4.78, 5) is 11.5. The van der Waals surface area contributed by atoms with Crippen LogP contribution in [0.4, 0.5) is 0 Å². The van der Waals surface area contributed by atoms with Crippen molar-refractivity contribution >= 4 is 5.91 Å². The summed E-state index contributed by atoms with van der Waals surface area (Å²) in [6.07, 6.45) is -0.542. The van der Waals surface area contributed by atoms with Gasteiger partial charge < -0.3 is 14.8 Å². The highest BCUT2D eigenvalue weighted by Crippen LogP contribution is 2.30. The van der Waals surface area contributed by atoms with Crippen molar-refractivity contribution in [2.24, 2.45) is 0 Å². The van der Waals surface area contributed by atoms with E-state index in [4.69, 9.17) is 9.47 Å². The third kappa shape index (κ3) is 2.03. The van der Waals surface area contributed by atoms with Crippen molar-refractivity contribution in [3.05, 3.63) is 24.3 Å². The Bertz CT molecular complexity index is 365. The largest absolute Gasteiger partial charge is 0.485 e. The first kappa shape index (κ1) is 9.83. The Morgan fingerprint density at radius 1 is 1.47 bits per heavy atom. The predicted octanol–water partition coefficient (Wildman–Crippen LogP) is 0.962. The van der Waals surface area contributed by atoms with E-state index in [0.717, 1.165) is 0 Å². The Morgan fingerprint density at radius 2 is 2.20 bits per heavy atom. The zero-order valence-electron chi connectivity index (χ0n) is 8.53. The number of carbonyl (C=O) groups is 1. The van der Waals surface area contributed by atoms with Crippen molar-refractivity contribution in [2.45, 2.75) is 13.0 Å². The molecule has 4 heteroatoms. The van der Waals surface area contributed by atoms with Gasteiger partial charge in [-0.05, 0) is 19.1 Å². The molecule has 1 heterocycles. The van der Waals surface area contributed by atoms with E-state index in [0.29, 0.717) is 18.0 Å². The van der Waals surface area contributed by atoms with Gasteiger partial charge in [-0.15, -0.1) is 0 Å². The molecule has 1 aromatic carbocycles. The maximum absolute atomic E-state index is 11.5. The third-order valence-electron chi connectivity index (χ3n) is 2.15. The zero-order chi connectivity index (χ0) is 10.7. The molecule has 1 aliphatic heterocycles. The lowest BCUT2D eigenvalue weighted by Crippen LogP contribution is -2.43. The second-order valence-electron chi connectivity index (χ2n) is 3.26. The Labute approximate surface area is 88.2 Å². The minimum Gasteiger partial charge on any atom is -0.485 e. The highest BCUT2D eigenvalue weighted by molar-refractivity contribution is 5.81. The molecule has 1 amide bonds. The lowest BCUT2D eigenvalue weighted by atomic mass is 10.2. The number of ether oxygens (including phenoxy) is 2. The molecule has 4 nitrogen and oxygen atoms in total. The van der Waals surface area contributed by atoms with Crippen molar-refractivity contribution < 1.29 is 14.3 Å². The quantitative estimate of drug-likeness (QED) is 0.785. The second kappa shape index (κ2) is 4.21. The van der Waals surface area contributed by atoms with Crippen LogP contribution < -0.4 is 14.8 Å². The van der Waals surface area contributed by atoms with Crippen LogP contribution in [0.5, 0.6) is 11.5 Å². The smallest absolute Gasteiger partial charge is 0.264 e. The van der Waals surface area contributed by atoms with Crippen LogP contribution in [-0.4, -0.2) is 25.2 Å². The van der Waals surface area contributed by atoms with Crippen LogP contribution in [0.2, 0.25) is 0 Å². The van der Waals surface area contributed by atoms with Gasteiger partial charge in [-0.3, -0.25) is 4.79 Å². The summed E-state index contributed by atoms with van der Waals surface area (Å²) in [5.41, 5.74) is 0. The average molecular weight is 207 g/mol. The predicted molar refractivity (Wildman–Crippen MR) is 55.0 cm³/mol. The summed E-state index contributed by atoms with van der Waals surface area (Å²) < 4.78 is 10.9. The van der Waals surface area contributed by atoms with Gasteiger partial charge in [-0.25, -0.2) is 0 Å². The molecule has 15 heavy (non-hydrogen) atoms. The molecule has 0 fully saturated rings. The normalized spacial score (nSPS) is 18.3. The van der Waals surface area contributed by atoms with Crippen LogP contribution >= 0.6 is 0 Å². The number of hydrogen-bond donors (Lipinski definition) is 1. The summed E-state index contributed by atoms with van der Waals surface area (Å²) in [6, 6.07) is 7.33. The molecule has 0 saturated heterocycles. The van der Waals surface area contributed by atoms with E-state index in [1.165, 1.54) is 0 Å². The summed E-state index contributed by atoms with van der Waals surface area (Å²) in [7, 11) is 0. The molecule has 1 aromatic rings. The molecule has 0 bridgehead atoms. The summed E-state index contributed by atoms with van der Waals surface area (Å²) in [5.74, 6) is 1.19. The van der Waals surface area contributed by atoms with Crippen molar-refractivity contribution in [1.82, 2.24) is 5.32 Å². The van der Waals surface area contributed by atoms with Gasteiger partial charge in [-0.2, -0.15) is 0 Å². The monoisotopic (exact) mass is 207 g/mol. The molecular formula is C11H13NO3. The van der Waals surface area contributed by atoms with Crippen LogP contribution in [0.1, 0.15) is 6.92 Å². The van der Waals surface area contributed by atoms with E-state index in [1.807, 2.05) is 25.1 Å². The maximum Gasteiger partial charge on any atom is 0.264 e. The summed E-state index contributed by atoms with van der Waals surface area (Å²) >= 11 is 0. The molecule has 0 saturated carbocycles. The molecule has 1 atom stereocenters. The van der Waals surface area contributed by atoms with E-state index >= 15 is 0 Å². The number of likely N-dealkylation sites (N-methyl/N-ethyl adjacent to an activating group) is 1. The van der Waals surface area contributed by atoms with Crippen molar-refractivity contribution in [3.63, 3.8) is 0 Å². The van der Waals surface area contributed by atoms with E-state index in [1.54, 1.807) is 6.07 Å². The first-order valence-electron chi connectivity index (χ1n) is 4.97. The highest BCUT2D eigenvalue weighted by Gasteiger charge is 2.26.